The molecule has 3 rings (SSSR count). The molecule has 19 nitrogen and oxygen atoms in total. The van der Waals surface area contributed by atoms with E-state index in [1.165, 1.54) is 17.2 Å². The van der Waals surface area contributed by atoms with Crippen LogP contribution in [-0.4, -0.2) is 72.0 Å². The van der Waals surface area contributed by atoms with Gasteiger partial charge in [0, 0.05) is 24.3 Å². The lowest BCUT2D eigenvalue weighted by Crippen LogP contribution is -2.36. The molecule has 0 amide bonds. The second-order valence-corrected chi connectivity index (χ2v) is 15.1. The molecule has 0 saturated carbocycles. The number of hydrogen-bond donors (Lipinski definition) is 6. The number of phosphoric acid groups is 3. The Hall–Kier alpha value is -2.34. The molecule has 246 valence electrons. The predicted molar refractivity (Wildman–Crippen MR) is 151 cm³/mol. The highest BCUT2D eigenvalue weighted by Crippen LogP contribution is 2.66. The standard InChI is InChI=1S/C22H33N4O15P3/c1-13-24-21(23)14(11-37-20(22(2,3)4)15-7-5-6-8-16(15)26(28)29)10-25(13)19-9-17(27)18(39-19)12-38-43(33,34)41-44(35,36)40-42(30,31)32/h5-8,10,17-20,27H,1,9,11-12H2,2-4H3,(H2,23,24)(H,33,34)(H,35,36)(H2,30,31,32)/t17?,18-,19-,20-/m1/s1. The zero-order chi connectivity index (χ0) is 33.3. The molecular weight excluding hydrogens is 653 g/mol. The Bertz CT molecular complexity index is 1470. The maximum atomic E-state index is 12.0. The van der Waals surface area contributed by atoms with Crippen molar-refractivity contribution in [2.45, 2.75) is 51.7 Å². The molecule has 1 saturated heterocycles. The number of benzene rings is 1. The maximum absolute atomic E-state index is 12.0. The summed E-state index contributed by atoms with van der Waals surface area (Å²) >= 11 is 0. The van der Waals surface area contributed by atoms with Gasteiger partial charge in [-0.15, -0.1) is 0 Å². The predicted octanol–water partition coefficient (Wildman–Crippen LogP) is 2.55. The van der Waals surface area contributed by atoms with E-state index in [0.29, 0.717) is 11.1 Å². The van der Waals surface area contributed by atoms with E-state index < -0.39 is 65.0 Å². The fourth-order valence-electron chi connectivity index (χ4n) is 4.30. The normalized spacial score (nSPS) is 24.7. The Labute approximate surface area is 251 Å². The van der Waals surface area contributed by atoms with Crippen LogP contribution in [0.25, 0.3) is 0 Å². The van der Waals surface area contributed by atoms with Gasteiger partial charge in [0.25, 0.3) is 5.69 Å². The molecule has 2 aliphatic heterocycles. The van der Waals surface area contributed by atoms with Gasteiger partial charge in [0.05, 0.1) is 35.9 Å². The summed E-state index contributed by atoms with van der Waals surface area (Å²) in [5.74, 6) is 0.146. The highest BCUT2D eigenvalue weighted by molar-refractivity contribution is 7.66. The lowest BCUT2D eigenvalue weighted by molar-refractivity contribution is -0.386. The minimum absolute atomic E-state index is 0.0456. The van der Waals surface area contributed by atoms with E-state index in [0.717, 1.165) is 0 Å². The van der Waals surface area contributed by atoms with Crippen molar-refractivity contribution in [3.63, 3.8) is 0 Å². The third-order valence-corrected chi connectivity index (χ3v) is 9.91. The molecule has 2 heterocycles. The van der Waals surface area contributed by atoms with E-state index in [2.05, 4.69) is 24.7 Å². The largest absolute Gasteiger partial charge is 0.490 e. The number of para-hydroxylation sites is 1. The molecule has 0 aromatic heterocycles. The number of nitrogens with two attached hydrogens (primary N) is 1. The van der Waals surface area contributed by atoms with Crippen LogP contribution in [-0.2, 0) is 36.3 Å². The molecule has 0 bridgehead atoms. The number of nitro benzene ring substituents is 1. The maximum Gasteiger partial charge on any atom is 0.490 e. The van der Waals surface area contributed by atoms with E-state index in [1.807, 2.05) is 20.8 Å². The summed E-state index contributed by atoms with van der Waals surface area (Å²) in [6, 6.07) is 6.19. The van der Waals surface area contributed by atoms with Crippen molar-refractivity contribution in [2.24, 2.45) is 16.1 Å². The zero-order valence-corrected chi connectivity index (χ0v) is 26.3. The average molecular weight is 686 g/mol. The third kappa shape index (κ3) is 9.83. The molecule has 2 aliphatic rings. The number of phosphoric ester groups is 1. The quantitative estimate of drug-likeness (QED) is 0.0987. The zero-order valence-electron chi connectivity index (χ0n) is 23.6. The molecular formula is C22H33N4O15P3. The Kier molecular flexibility index (Phi) is 11.1. The number of aliphatic hydroxyl groups excluding tert-OH is 1. The fourth-order valence-corrected chi connectivity index (χ4v) is 7.33. The molecule has 0 radical (unpaired) electrons. The van der Waals surface area contributed by atoms with Crippen molar-refractivity contribution in [2.75, 3.05) is 13.2 Å². The highest BCUT2D eigenvalue weighted by atomic mass is 31.3. The Morgan fingerprint density at radius 1 is 1.18 bits per heavy atom. The molecule has 7 N–H and O–H groups in total. The first-order valence-corrected chi connectivity index (χ1v) is 17.1. The van der Waals surface area contributed by atoms with Gasteiger partial charge in [0.15, 0.2) is 0 Å². The molecule has 0 aliphatic carbocycles. The van der Waals surface area contributed by atoms with Gasteiger partial charge in [-0.25, -0.2) is 18.7 Å². The smallest absolute Gasteiger partial charge is 0.390 e. The summed E-state index contributed by atoms with van der Waals surface area (Å²) in [5, 5.41) is 22.1. The number of rotatable bonds is 13. The van der Waals surface area contributed by atoms with Crippen LogP contribution in [0, 0.1) is 15.5 Å². The van der Waals surface area contributed by atoms with Crippen molar-refractivity contribution in [3.8, 4) is 0 Å². The first-order valence-electron chi connectivity index (χ1n) is 12.6. The summed E-state index contributed by atoms with van der Waals surface area (Å²) in [6.07, 6.45) is -2.91. The van der Waals surface area contributed by atoms with Crippen molar-refractivity contribution >= 4 is 35.0 Å². The topological polar surface area (TPSA) is 283 Å². The van der Waals surface area contributed by atoms with Crippen LogP contribution in [0.3, 0.4) is 0 Å². The summed E-state index contributed by atoms with van der Waals surface area (Å²) in [4.78, 5) is 53.0. The monoisotopic (exact) mass is 686 g/mol. The number of nitro groups is 1. The lowest BCUT2D eigenvalue weighted by Gasteiger charge is -2.33. The van der Waals surface area contributed by atoms with Gasteiger partial charge < -0.3 is 44.8 Å². The number of aliphatic hydroxyl groups is 1. The molecule has 1 fully saturated rings. The molecule has 6 atom stereocenters. The summed E-state index contributed by atoms with van der Waals surface area (Å²) in [7, 11) is -16.7. The minimum atomic E-state index is -5.72. The van der Waals surface area contributed by atoms with Gasteiger partial charge in [0.1, 0.15) is 24.0 Å². The molecule has 22 heteroatoms. The fraction of sp³-hybridized carbons (Fsp3) is 0.500. The van der Waals surface area contributed by atoms with Crippen LogP contribution in [0.15, 0.2) is 53.4 Å². The van der Waals surface area contributed by atoms with Crippen LogP contribution in [0.5, 0.6) is 0 Å². The van der Waals surface area contributed by atoms with Gasteiger partial charge in [-0.05, 0) is 11.5 Å². The SMILES string of the molecule is C=C1N=C(N)C(CO[C@H](c2ccccc2[N+](=O)[O-])C(C)(C)C)=CN1[C@H]1CC(O)[C@@H](COP(=O)(O)OP(=O)(O)OP(=O)(O)O)O1. The Morgan fingerprint density at radius 3 is 2.41 bits per heavy atom. The number of hydrogen-bond acceptors (Lipinski definition) is 14. The van der Waals surface area contributed by atoms with Gasteiger partial charge in [-0.1, -0.05) is 39.5 Å². The van der Waals surface area contributed by atoms with E-state index in [-0.39, 0.29) is 30.4 Å². The Morgan fingerprint density at radius 2 is 1.82 bits per heavy atom. The lowest BCUT2D eigenvalue weighted by atomic mass is 9.84. The van der Waals surface area contributed by atoms with Crippen LogP contribution < -0.4 is 5.73 Å². The number of nitrogens with zero attached hydrogens (tertiary/aromatic N) is 3. The Balaban J connectivity index is 1.71. The number of aliphatic imine (C=N–C) groups is 1. The third-order valence-electron chi connectivity index (χ3n) is 6.11. The van der Waals surface area contributed by atoms with Gasteiger partial charge in [-0.2, -0.15) is 8.62 Å². The van der Waals surface area contributed by atoms with E-state index in [1.54, 1.807) is 18.2 Å². The summed E-state index contributed by atoms with van der Waals surface area (Å²) < 4.78 is 58.1. The van der Waals surface area contributed by atoms with Crippen LogP contribution >= 0.6 is 23.5 Å². The number of ether oxygens (including phenoxy) is 2. The molecule has 44 heavy (non-hydrogen) atoms. The van der Waals surface area contributed by atoms with E-state index in [4.69, 9.17) is 25.0 Å². The van der Waals surface area contributed by atoms with Crippen LogP contribution in [0.1, 0.15) is 38.9 Å². The van der Waals surface area contributed by atoms with Gasteiger partial charge in [-0.3, -0.25) is 14.6 Å². The first kappa shape index (κ1) is 36.1. The molecule has 3 unspecified atom stereocenters. The molecule has 1 aromatic rings. The highest BCUT2D eigenvalue weighted by Gasteiger charge is 2.44. The van der Waals surface area contributed by atoms with Crippen LogP contribution in [0.4, 0.5) is 5.69 Å². The second-order valence-electron chi connectivity index (χ2n) is 10.7. The van der Waals surface area contributed by atoms with Gasteiger partial charge >= 0.3 is 23.5 Å². The molecule has 0 spiro atoms. The first-order chi connectivity index (χ1) is 20.1. The van der Waals surface area contributed by atoms with Crippen molar-refractivity contribution in [1.82, 2.24) is 4.90 Å². The summed E-state index contributed by atoms with van der Waals surface area (Å²) in [5.41, 5.74) is 6.12. The van der Waals surface area contributed by atoms with Gasteiger partial charge in [0.2, 0.25) is 0 Å². The van der Waals surface area contributed by atoms with E-state index in [9.17, 15) is 38.7 Å². The van der Waals surface area contributed by atoms with Crippen molar-refractivity contribution in [3.05, 3.63) is 64.1 Å². The summed E-state index contributed by atoms with van der Waals surface area (Å²) in [6.45, 7) is 8.36. The average Bonchev–Trinajstić information content (AvgIpc) is 3.21. The van der Waals surface area contributed by atoms with E-state index >= 15 is 0 Å². The molecule has 1 aromatic carbocycles. The second kappa shape index (κ2) is 13.6. The minimum Gasteiger partial charge on any atom is -0.390 e. The number of amidine groups is 1. The van der Waals surface area contributed by atoms with Crippen molar-refractivity contribution in [1.29, 1.82) is 0 Å². The van der Waals surface area contributed by atoms with Crippen LogP contribution in [0.2, 0.25) is 0 Å². The van der Waals surface area contributed by atoms with Crippen molar-refractivity contribution < 1.29 is 65.9 Å².